The van der Waals surface area contributed by atoms with Crippen LogP contribution in [0.1, 0.15) is 44.9 Å². The standard InChI is InChI=1S/C16H24N2O3/c19-14(20)4-13-8-18(9-13)15(21)17-16-5-10-1-11(6-16)3-12(2-10)7-16/h10-13H,1-9H2,(H,17,21)(H,19,20). The van der Waals surface area contributed by atoms with Crippen LogP contribution in [0.3, 0.4) is 0 Å². The molecule has 5 aliphatic rings. The van der Waals surface area contributed by atoms with E-state index in [-0.39, 0.29) is 23.9 Å². The third-order valence-electron chi connectivity index (χ3n) is 6.12. The van der Waals surface area contributed by atoms with E-state index in [9.17, 15) is 9.59 Å². The minimum Gasteiger partial charge on any atom is -0.481 e. The predicted molar refractivity (Wildman–Crippen MR) is 76.8 cm³/mol. The van der Waals surface area contributed by atoms with Crippen molar-refractivity contribution in [3.8, 4) is 0 Å². The monoisotopic (exact) mass is 292 g/mol. The molecule has 5 heteroatoms. The Kier molecular flexibility index (Phi) is 2.95. The number of urea groups is 1. The van der Waals surface area contributed by atoms with Crippen LogP contribution in [-0.2, 0) is 4.79 Å². The van der Waals surface area contributed by atoms with Crippen LogP contribution in [0.2, 0.25) is 0 Å². The molecular formula is C16H24N2O3. The van der Waals surface area contributed by atoms with Crippen LogP contribution in [0.4, 0.5) is 4.79 Å². The maximum absolute atomic E-state index is 12.4. The van der Waals surface area contributed by atoms with Crippen molar-refractivity contribution in [1.29, 1.82) is 0 Å². The highest BCUT2D eigenvalue weighted by molar-refractivity contribution is 5.76. The second kappa shape index (κ2) is 4.62. The van der Waals surface area contributed by atoms with E-state index in [0.717, 1.165) is 37.0 Å². The molecule has 0 unspecified atom stereocenters. The average Bonchev–Trinajstić information content (AvgIpc) is 2.30. The molecule has 0 aromatic carbocycles. The molecule has 1 heterocycles. The topological polar surface area (TPSA) is 69.6 Å². The summed E-state index contributed by atoms with van der Waals surface area (Å²) in [7, 11) is 0. The van der Waals surface area contributed by atoms with Gasteiger partial charge in [-0.25, -0.2) is 4.79 Å². The lowest BCUT2D eigenvalue weighted by Crippen LogP contribution is -2.64. The van der Waals surface area contributed by atoms with Crippen molar-refractivity contribution in [3.05, 3.63) is 0 Å². The zero-order chi connectivity index (χ0) is 14.6. The molecule has 5 rings (SSSR count). The highest BCUT2D eigenvalue weighted by Gasteiger charge is 2.52. The number of rotatable bonds is 3. The van der Waals surface area contributed by atoms with Crippen molar-refractivity contribution in [2.24, 2.45) is 23.7 Å². The van der Waals surface area contributed by atoms with Crippen LogP contribution in [0.25, 0.3) is 0 Å². The molecule has 2 N–H and O–H groups in total. The van der Waals surface area contributed by atoms with E-state index in [2.05, 4.69) is 5.32 Å². The van der Waals surface area contributed by atoms with Gasteiger partial charge in [0.2, 0.25) is 0 Å². The summed E-state index contributed by atoms with van der Waals surface area (Å²) in [5.41, 5.74) is 0.0592. The van der Waals surface area contributed by atoms with Crippen LogP contribution in [-0.4, -0.2) is 40.6 Å². The van der Waals surface area contributed by atoms with Crippen LogP contribution in [0.15, 0.2) is 0 Å². The Labute approximate surface area is 125 Å². The van der Waals surface area contributed by atoms with E-state index in [0.29, 0.717) is 13.1 Å². The molecule has 4 saturated carbocycles. The van der Waals surface area contributed by atoms with E-state index in [4.69, 9.17) is 5.11 Å². The average molecular weight is 292 g/mol. The number of carbonyl (C=O) groups is 2. The number of likely N-dealkylation sites (tertiary alicyclic amines) is 1. The maximum atomic E-state index is 12.4. The summed E-state index contributed by atoms with van der Waals surface area (Å²) >= 11 is 0. The molecule has 116 valence electrons. The number of aliphatic carboxylic acids is 1. The molecule has 2 amide bonds. The van der Waals surface area contributed by atoms with Gasteiger partial charge in [0, 0.05) is 24.5 Å². The van der Waals surface area contributed by atoms with Crippen molar-refractivity contribution < 1.29 is 14.7 Å². The van der Waals surface area contributed by atoms with Crippen LogP contribution in [0.5, 0.6) is 0 Å². The molecule has 1 saturated heterocycles. The Hall–Kier alpha value is -1.26. The van der Waals surface area contributed by atoms with Crippen molar-refractivity contribution in [2.75, 3.05) is 13.1 Å². The van der Waals surface area contributed by atoms with Gasteiger partial charge >= 0.3 is 12.0 Å². The second-order valence-electron chi connectivity index (χ2n) is 8.00. The molecule has 0 atom stereocenters. The van der Waals surface area contributed by atoms with Gasteiger partial charge in [-0.3, -0.25) is 4.79 Å². The zero-order valence-electron chi connectivity index (χ0n) is 12.4. The summed E-state index contributed by atoms with van der Waals surface area (Å²) in [6.07, 6.45) is 7.80. The van der Waals surface area contributed by atoms with E-state index >= 15 is 0 Å². The van der Waals surface area contributed by atoms with E-state index < -0.39 is 5.97 Å². The number of hydrogen-bond acceptors (Lipinski definition) is 2. The lowest BCUT2D eigenvalue weighted by atomic mass is 9.53. The first kappa shape index (κ1) is 13.4. The van der Waals surface area contributed by atoms with Crippen LogP contribution < -0.4 is 5.32 Å². The van der Waals surface area contributed by atoms with Gasteiger partial charge in [0.05, 0.1) is 6.42 Å². The number of nitrogens with one attached hydrogen (secondary N) is 1. The van der Waals surface area contributed by atoms with Gasteiger partial charge in [-0.2, -0.15) is 0 Å². The summed E-state index contributed by atoms with van der Waals surface area (Å²) < 4.78 is 0. The number of carboxylic acids is 1. The summed E-state index contributed by atoms with van der Waals surface area (Å²) in [6.45, 7) is 1.20. The molecule has 1 aliphatic heterocycles. The van der Waals surface area contributed by atoms with Crippen LogP contribution in [0, 0.1) is 23.7 Å². The lowest BCUT2D eigenvalue weighted by Gasteiger charge is -2.57. The van der Waals surface area contributed by atoms with Gasteiger partial charge in [0.15, 0.2) is 0 Å². The highest BCUT2D eigenvalue weighted by Crippen LogP contribution is 2.55. The van der Waals surface area contributed by atoms with Crippen molar-refractivity contribution in [2.45, 2.75) is 50.5 Å². The number of amides is 2. The fourth-order valence-corrected chi connectivity index (χ4v) is 5.68. The Morgan fingerprint density at radius 1 is 1.05 bits per heavy atom. The Balaban J connectivity index is 1.34. The smallest absolute Gasteiger partial charge is 0.317 e. The number of hydrogen-bond donors (Lipinski definition) is 2. The lowest BCUT2D eigenvalue weighted by molar-refractivity contribution is -0.139. The van der Waals surface area contributed by atoms with Gasteiger partial charge in [-0.05, 0) is 56.3 Å². The van der Waals surface area contributed by atoms with Gasteiger partial charge in [0.1, 0.15) is 0 Å². The molecule has 0 aromatic rings. The van der Waals surface area contributed by atoms with E-state index in [1.54, 1.807) is 4.90 Å². The van der Waals surface area contributed by atoms with Crippen molar-refractivity contribution in [3.63, 3.8) is 0 Å². The summed E-state index contributed by atoms with van der Waals surface area (Å²) in [5.74, 6) is 1.86. The molecule has 5 fully saturated rings. The van der Waals surface area contributed by atoms with Gasteiger partial charge < -0.3 is 15.3 Å². The van der Waals surface area contributed by atoms with Crippen molar-refractivity contribution >= 4 is 12.0 Å². The SMILES string of the molecule is O=C(O)CC1CN(C(=O)NC23CC4CC(CC(C4)C2)C3)C1. The Bertz CT molecular complexity index is 435. The number of carboxylic acid groups (broad SMARTS) is 1. The summed E-state index contributed by atoms with van der Waals surface area (Å²) in [4.78, 5) is 24.9. The normalized spacial score (nSPS) is 41.0. The number of nitrogens with zero attached hydrogens (tertiary/aromatic N) is 1. The first-order valence-corrected chi connectivity index (χ1v) is 8.30. The molecule has 4 aliphatic carbocycles. The first-order valence-electron chi connectivity index (χ1n) is 8.30. The van der Waals surface area contributed by atoms with Crippen LogP contribution >= 0.6 is 0 Å². The molecular weight excluding hydrogens is 268 g/mol. The fourth-order valence-electron chi connectivity index (χ4n) is 5.68. The number of carbonyl (C=O) groups excluding carboxylic acids is 1. The van der Waals surface area contributed by atoms with Gasteiger partial charge in [0.25, 0.3) is 0 Å². The first-order chi connectivity index (χ1) is 10.0. The quantitative estimate of drug-likeness (QED) is 0.836. The van der Waals surface area contributed by atoms with Gasteiger partial charge in [-0.15, -0.1) is 0 Å². The minimum atomic E-state index is -0.763. The fraction of sp³-hybridized carbons (Fsp3) is 0.875. The van der Waals surface area contributed by atoms with Gasteiger partial charge in [-0.1, -0.05) is 0 Å². The van der Waals surface area contributed by atoms with Crippen molar-refractivity contribution in [1.82, 2.24) is 10.2 Å². The Morgan fingerprint density at radius 2 is 1.57 bits per heavy atom. The second-order valence-corrected chi connectivity index (χ2v) is 8.00. The third kappa shape index (κ3) is 2.40. The highest BCUT2D eigenvalue weighted by atomic mass is 16.4. The third-order valence-corrected chi connectivity index (χ3v) is 6.12. The van der Waals surface area contributed by atoms with E-state index in [1.165, 1.54) is 19.3 Å². The minimum absolute atomic E-state index is 0.0404. The predicted octanol–water partition coefficient (Wildman–Crippen LogP) is 2.07. The summed E-state index contributed by atoms with van der Waals surface area (Å²) in [6, 6.07) is 0.0404. The van der Waals surface area contributed by atoms with E-state index in [1.807, 2.05) is 0 Å². The molecule has 0 radical (unpaired) electrons. The largest absolute Gasteiger partial charge is 0.481 e. The molecule has 5 nitrogen and oxygen atoms in total. The molecule has 0 aromatic heterocycles. The maximum Gasteiger partial charge on any atom is 0.317 e. The molecule has 21 heavy (non-hydrogen) atoms. The Morgan fingerprint density at radius 3 is 2.05 bits per heavy atom. The zero-order valence-corrected chi connectivity index (χ0v) is 12.4. The summed E-state index contributed by atoms with van der Waals surface area (Å²) in [5, 5.41) is 12.1. The molecule has 4 bridgehead atoms. The molecule has 0 spiro atoms.